The van der Waals surface area contributed by atoms with E-state index >= 15 is 0 Å². The molecule has 0 saturated carbocycles. The Kier molecular flexibility index (Phi) is 9.09. The maximum absolute atomic E-state index is 14.1. The molecule has 3 aromatic heterocycles. The lowest BCUT2D eigenvalue weighted by Gasteiger charge is -2.33. The summed E-state index contributed by atoms with van der Waals surface area (Å²) in [6.45, 7) is 7.40. The molecule has 3 aromatic carbocycles. The predicted molar refractivity (Wildman–Crippen MR) is 190 cm³/mol. The van der Waals surface area contributed by atoms with Crippen LogP contribution in [0.15, 0.2) is 85.5 Å². The first-order chi connectivity index (χ1) is 25.1. The fourth-order valence-corrected chi connectivity index (χ4v) is 7.65. The number of amides is 1. The van der Waals surface area contributed by atoms with Gasteiger partial charge in [0.05, 0.1) is 35.9 Å². The van der Waals surface area contributed by atoms with Gasteiger partial charge in [0.1, 0.15) is 18.4 Å². The monoisotopic (exact) mass is 687 g/mol. The van der Waals surface area contributed by atoms with Crippen LogP contribution in [0.3, 0.4) is 0 Å². The molecule has 1 unspecified atom stereocenters. The van der Waals surface area contributed by atoms with Crippen LogP contribution in [0.5, 0.6) is 5.75 Å². The van der Waals surface area contributed by atoms with Gasteiger partial charge in [-0.15, -0.1) is 10.2 Å². The number of imidazole rings is 1. The zero-order valence-electron chi connectivity index (χ0n) is 28.7. The molecule has 51 heavy (non-hydrogen) atoms. The average Bonchev–Trinajstić information content (AvgIpc) is 4.00. The number of ether oxygens (including phenoxy) is 1. The lowest BCUT2D eigenvalue weighted by Crippen LogP contribution is -2.39. The van der Waals surface area contributed by atoms with Gasteiger partial charge in [0, 0.05) is 44.7 Å². The number of aromatic nitrogens is 10. The van der Waals surface area contributed by atoms with Crippen molar-refractivity contribution in [3.05, 3.63) is 96.6 Å². The average molecular weight is 688 g/mol. The maximum atomic E-state index is 14.1. The number of nitrogens with zero attached hydrogens (tertiary/aromatic N) is 13. The van der Waals surface area contributed by atoms with Gasteiger partial charge in [-0.05, 0) is 89.1 Å². The molecule has 0 aliphatic carbocycles. The molecule has 15 heteroatoms. The number of hydrogen-bond acceptors (Lipinski definition) is 11. The molecule has 2 aliphatic heterocycles. The van der Waals surface area contributed by atoms with Crippen molar-refractivity contribution in [3.63, 3.8) is 0 Å². The van der Waals surface area contributed by atoms with E-state index in [9.17, 15) is 4.79 Å². The van der Waals surface area contributed by atoms with Crippen molar-refractivity contribution in [2.24, 2.45) is 0 Å². The third-order valence-corrected chi connectivity index (χ3v) is 10.4. The Morgan fingerprint density at radius 2 is 1.69 bits per heavy atom. The van der Waals surface area contributed by atoms with Crippen LogP contribution in [-0.4, -0.2) is 119 Å². The first-order valence-corrected chi connectivity index (χ1v) is 17.5. The number of benzene rings is 3. The van der Waals surface area contributed by atoms with Gasteiger partial charge in [-0.3, -0.25) is 4.79 Å². The summed E-state index contributed by atoms with van der Waals surface area (Å²) in [5.41, 5.74) is 4.44. The van der Waals surface area contributed by atoms with Crippen molar-refractivity contribution in [2.45, 2.75) is 37.8 Å². The normalized spacial score (nSPS) is 18.4. The number of para-hydroxylation sites is 2. The van der Waals surface area contributed by atoms with Crippen molar-refractivity contribution in [3.8, 4) is 11.4 Å². The Morgan fingerprint density at radius 1 is 0.843 bits per heavy atom. The minimum atomic E-state index is -0.159. The van der Waals surface area contributed by atoms with Gasteiger partial charge in [-0.2, -0.15) is 0 Å². The molecule has 0 spiro atoms. The van der Waals surface area contributed by atoms with E-state index in [1.165, 1.54) is 11.9 Å². The van der Waals surface area contributed by atoms with Crippen molar-refractivity contribution in [2.75, 3.05) is 57.8 Å². The Hall–Kier alpha value is -5.70. The van der Waals surface area contributed by atoms with Gasteiger partial charge in [-0.1, -0.05) is 42.5 Å². The van der Waals surface area contributed by atoms with E-state index in [4.69, 9.17) is 9.72 Å². The molecule has 8 rings (SSSR count). The molecule has 2 aliphatic rings. The summed E-state index contributed by atoms with van der Waals surface area (Å²) in [6, 6.07) is 24.5. The molecule has 15 nitrogen and oxygen atoms in total. The van der Waals surface area contributed by atoms with Gasteiger partial charge in [0.15, 0.2) is 0 Å². The zero-order chi connectivity index (χ0) is 34.6. The van der Waals surface area contributed by atoms with Crippen LogP contribution in [0.25, 0.3) is 16.7 Å². The second kappa shape index (κ2) is 14.3. The van der Waals surface area contributed by atoms with Gasteiger partial charge in [0.25, 0.3) is 5.91 Å². The fourth-order valence-electron chi connectivity index (χ4n) is 7.65. The molecule has 6 aromatic rings. The highest BCUT2D eigenvalue weighted by Crippen LogP contribution is 2.39. The number of methoxy groups -OCH3 is 1. The predicted octanol–water partition coefficient (Wildman–Crippen LogP) is 3.09. The summed E-state index contributed by atoms with van der Waals surface area (Å²) in [6.07, 6.45) is 6.05. The summed E-state index contributed by atoms with van der Waals surface area (Å²) in [5, 5.41) is 23.1. The molecular formula is C36H41N13O2. The van der Waals surface area contributed by atoms with Crippen molar-refractivity contribution < 1.29 is 9.53 Å². The van der Waals surface area contributed by atoms with Crippen molar-refractivity contribution in [1.82, 2.24) is 59.8 Å². The number of rotatable bonds is 11. The van der Waals surface area contributed by atoms with Gasteiger partial charge in [0.2, 0.25) is 5.95 Å². The summed E-state index contributed by atoms with van der Waals surface area (Å²) >= 11 is 0. The third kappa shape index (κ3) is 6.64. The second-order valence-corrected chi connectivity index (χ2v) is 13.3. The highest BCUT2D eigenvalue weighted by molar-refractivity contribution is 5.98. The summed E-state index contributed by atoms with van der Waals surface area (Å²) in [5.74, 6) is 1.48. The maximum Gasteiger partial charge on any atom is 0.257 e. The second-order valence-electron chi connectivity index (χ2n) is 13.3. The van der Waals surface area contributed by atoms with Crippen LogP contribution in [0.2, 0.25) is 0 Å². The number of anilines is 1. The number of tetrazole rings is 2. The standard InChI is InChI=1S/C36H41N13O2/c1-51-33-13-12-29(49-27-38-41-43-49)24-30(33)34(50)46-19-15-36(25-46,28-8-3-2-4-9-28)14-18-44-16-7-17-45(21-20-44)35-39-31-10-5-6-11-32(31)48(35)23-22-47-26-37-40-42-47/h2-6,8-13,24,26-27H,7,14-23,25H2,1H3. The molecule has 5 heterocycles. The summed E-state index contributed by atoms with van der Waals surface area (Å²) in [4.78, 5) is 26.2. The van der Waals surface area contributed by atoms with Crippen LogP contribution >= 0.6 is 0 Å². The zero-order valence-corrected chi connectivity index (χ0v) is 28.7. The third-order valence-electron chi connectivity index (χ3n) is 10.4. The molecule has 0 radical (unpaired) electrons. The van der Waals surface area contributed by atoms with E-state index in [0.29, 0.717) is 36.6 Å². The molecule has 1 atom stereocenters. The SMILES string of the molecule is COc1ccc(-n2cnnn2)cc1C(=O)N1CCC(CCN2CCCN(c3nc4ccccc4n3CCn3cnnn3)CC2)(c2ccccc2)C1. The Balaban J connectivity index is 0.976. The van der Waals surface area contributed by atoms with E-state index in [-0.39, 0.29) is 11.3 Å². The van der Waals surface area contributed by atoms with Crippen molar-refractivity contribution in [1.29, 1.82) is 0 Å². The summed E-state index contributed by atoms with van der Waals surface area (Å²) in [7, 11) is 1.59. The molecule has 262 valence electrons. The highest BCUT2D eigenvalue weighted by atomic mass is 16.5. The van der Waals surface area contributed by atoms with Crippen LogP contribution in [0.1, 0.15) is 35.2 Å². The highest BCUT2D eigenvalue weighted by Gasteiger charge is 2.42. The topological polar surface area (TPSA) is 141 Å². The van der Waals surface area contributed by atoms with E-state index < -0.39 is 0 Å². The molecule has 0 bridgehead atoms. The van der Waals surface area contributed by atoms with E-state index in [1.54, 1.807) is 28.9 Å². The van der Waals surface area contributed by atoms with Crippen LogP contribution in [0.4, 0.5) is 5.95 Å². The molecule has 2 saturated heterocycles. The van der Waals surface area contributed by atoms with E-state index in [2.05, 4.69) is 93.9 Å². The van der Waals surface area contributed by atoms with Crippen LogP contribution in [0, 0.1) is 0 Å². The number of carbonyl (C=O) groups excluding carboxylic acids is 1. The number of likely N-dealkylation sites (tertiary alicyclic amines) is 1. The largest absolute Gasteiger partial charge is 0.496 e. The van der Waals surface area contributed by atoms with E-state index in [0.717, 1.165) is 75.5 Å². The summed E-state index contributed by atoms with van der Waals surface area (Å²) < 4.78 is 11.2. The number of aryl methyl sites for hydroxylation is 2. The van der Waals surface area contributed by atoms with Gasteiger partial charge < -0.3 is 24.0 Å². The van der Waals surface area contributed by atoms with Gasteiger partial charge >= 0.3 is 0 Å². The minimum absolute atomic E-state index is 0.0482. The minimum Gasteiger partial charge on any atom is -0.496 e. The van der Waals surface area contributed by atoms with Crippen LogP contribution in [-0.2, 0) is 18.5 Å². The fraction of sp³-hybridized carbons (Fsp3) is 0.389. The Labute approximate surface area is 295 Å². The molecular weight excluding hydrogens is 646 g/mol. The smallest absolute Gasteiger partial charge is 0.257 e. The lowest BCUT2D eigenvalue weighted by atomic mass is 9.76. The number of fused-ring (bicyclic) bond motifs is 1. The first-order valence-electron chi connectivity index (χ1n) is 17.5. The quantitative estimate of drug-likeness (QED) is 0.198. The molecule has 2 fully saturated rings. The first kappa shape index (κ1) is 32.5. The number of hydrogen-bond donors (Lipinski definition) is 0. The molecule has 0 N–H and O–H groups in total. The van der Waals surface area contributed by atoms with Crippen LogP contribution < -0.4 is 9.64 Å². The lowest BCUT2D eigenvalue weighted by molar-refractivity contribution is 0.0777. The number of carbonyl (C=O) groups is 1. The van der Waals surface area contributed by atoms with E-state index in [1.807, 2.05) is 23.1 Å². The van der Waals surface area contributed by atoms with Gasteiger partial charge in [-0.25, -0.2) is 14.3 Å². The Bertz CT molecular complexity index is 2070. The Morgan fingerprint density at radius 3 is 2.51 bits per heavy atom. The van der Waals surface area contributed by atoms with Crippen molar-refractivity contribution >= 4 is 22.9 Å². The molecule has 1 amide bonds.